The molecule has 0 bridgehead atoms. The number of carboxylic acid groups (broad SMARTS) is 1. The summed E-state index contributed by atoms with van der Waals surface area (Å²) >= 11 is 0. The molecule has 0 aliphatic carbocycles. The summed E-state index contributed by atoms with van der Waals surface area (Å²) in [4.78, 5) is 17.7. The second-order valence-corrected chi connectivity index (χ2v) is 6.51. The molecule has 0 saturated carbocycles. The van der Waals surface area contributed by atoms with Crippen molar-refractivity contribution < 1.29 is 14.6 Å². The average Bonchev–Trinajstić information content (AvgIpc) is 3.03. The van der Waals surface area contributed by atoms with Gasteiger partial charge in [0.1, 0.15) is 5.82 Å². The zero-order chi connectivity index (χ0) is 17.6. The molecule has 0 unspecified atom stereocenters. The van der Waals surface area contributed by atoms with Gasteiger partial charge in [0, 0.05) is 38.4 Å². The highest BCUT2D eigenvalue weighted by molar-refractivity contribution is 5.67. The number of aliphatic carboxylic acids is 1. The Bertz CT molecular complexity index is 720. The Kier molecular flexibility index (Phi) is 5.83. The molecular weight excluding hydrogens is 318 g/mol. The molecule has 1 aromatic heterocycles. The Morgan fingerprint density at radius 3 is 2.84 bits per heavy atom. The molecule has 1 aliphatic heterocycles. The minimum atomic E-state index is -0.760. The highest BCUT2D eigenvalue weighted by Crippen LogP contribution is 2.16. The third kappa shape index (κ3) is 4.90. The van der Waals surface area contributed by atoms with Crippen LogP contribution in [0.1, 0.15) is 28.9 Å². The predicted octanol–water partition coefficient (Wildman–Crippen LogP) is 2.09. The van der Waals surface area contributed by atoms with E-state index in [1.807, 2.05) is 18.5 Å². The minimum Gasteiger partial charge on any atom is -0.481 e. The number of imidazole rings is 1. The Hall–Kier alpha value is -2.18. The van der Waals surface area contributed by atoms with Crippen molar-refractivity contribution in [2.45, 2.75) is 32.9 Å². The molecule has 134 valence electrons. The van der Waals surface area contributed by atoms with Crippen molar-refractivity contribution in [2.75, 3.05) is 26.3 Å². The first-order valence-electron chi connectivity index (χ1n) is 8.72. The van der Waals surface area contributed by atoms with E-state index in [9.17, 15) is 4.79 Å². The minimum absolute atomic E-state index is 0.163. The number of morpholine rings is 1. The Labute approximate surface area is 148 Å². The zero-order valence-corrected chi connectivity index (χ0v) is 14.6. The van der Waals surface area contributed by atoms with Gasteiger partial charge in [-0.25, -0.2) is 4.98 Å². The van der Waals surface area contributed by atoms with E-state index < -0.39 is 5.97 Å². The molecule has 1 N–H and O–H groups in total. The van der Waals surface area contributed by atoms with Crippen molar-refractivity contribution in [3.63, 3.8) is 0 Å². The van der Waals surface area contributed by atoms with Crippen molar-refractivity contribution in [2.24, 2.45) is 0 Å². The van der Waals surface area contributed by atoms with Gasteiger partial charge in [-0.05, 0) is 30.0 Å². The summed E-state index contributed by atoms with van der Waals surface area (Å²) in [6.07, 6.45) is 4.58. The molecule has 0 amide bonds. The van der Waals surface area contributed by atoms with Crippen LogP contribution < -0.4 is 0 Å². The van der Waals surface area contributed by atoms with Crippen LogP contribution in [-0.2, 0) is 29.0 Å². The van der Waals surface area contributed by atoms with E-state index in [0.29, 0.717) is 6.42 Å². The topological polar surface area (TPSA) is 67.6 Å². The molecule has 2 heterocycles. The first-order valence-corrected chi connectivity index (χ1v) is 8.72. The fraction of sp³-hybridized carbons (Fsp3) is 0.474. The Morgan fingerprint density at radius 2 is 2.08 bits per heavy atom. The smallest absolute Gasteiger partial charge is 0.303 e. The summed E-state index contributed by atoms with van der Waals surface area (Å²) < 4.78 is 7.58. The first-order chi connectivity index (χ1) is 12.1. The first kappa shape index (κ1) is 17.6. The number of hydrogen-bond donors (Lipinski definition) is 1. The van der Waals surface area contributed by atoms with E-state index in [0.717, 1.165) is 50.8 Å². The van der Waals surface area contributed by atoms with E-state index in [2.05, 4.69) is 33.5 Å². The van der Waals surface area contributed by atoms with E-state index in [1.165, 1.54) is 11.1 Å². The van der Waals surface area contributed by atoms with Gasteiger partial charge in [0.15, 0.2) is 0 Å². The molecule has 1 aromatic carbocycles. The summed E-state index contributed by atoms with van der Waals surface area (Å²) in [6, 6.07) is 6.21. The molecule has 0 spiro atoms. The summed E-state index contributed by atoms with van der Waals surface area (Å²) in [5, 5.41) is 8.87. The van der Waals surface area contributed by atoms with Gasteiger partial charge in [-0.1, -0.05) is 18.2 Å². The molecule has 1 aliphatic rings. The van der Waals surface area contributed by atoms with Crippen molar-refractivity contribution in [3.8, 4) is 0 Å². The second kappa shape index (κ2) is 8.27. The molecule has 0 atom stereocenters. The van der Waals surface area contributed by atoms with E-state index in [-0.39, 0.29) is 6.42 Å². The number of benzene rings is 1. The molecule has 25 heavy (non-hydrogen) atoms. The van der Waals surface area contributed by atoms with Crippen LogP contribution >= 0.6 is 0 Å². The van der Waals surface area contributed by atoms with Gasteiger partial charge in [-0.3, -0.25) is 9.69 Å². The van der Waals surface area contributed by atoms with Gasteiger partial charge in [0.05, 0.1) is 19.8 Å². The maximum atomic E-state index is 10.8. The molecule has 1 fully saturated rings. The van der Waals surface area contributed by atoms with Gasteiger partial charge in [-0.15, -0.1) is 0 Å². The Balaban J connectivity index is 1.70. The van der Waals surface area contributed by atoms with Crippen molar-refractivity contribution in [3.05, 3.63) is 53.1 Å². The summed E-state index contributed by atoms with van der Waals surface area (Å²) in [7, 11) is 0. The second-order valence-electron chi connectivity index (χ2n) is 6.51. The van der Waals surface area contributed by atoms with E-state index >= 15 is 0 Å². The van der Waals surface area contributed by atoms with Crippen molar-refractivity contribution in [1.82, 2.24) is 14.5 Å². The number of rotatable bonds is 7. The fourth-order valence-electron chi connectivity index (χ4n) is 3.08. The lowest BCUT2D eigenvalue weighted by Gasteiger charge is -2.26. The fourth-order valence-corrected chi connectivity index (χ4v) is 3.08. The standard InChI is InChI=1S/C19H25N3O3/c1-15-2-3-16(4-5-19(23)24)12-17(15)13-22-7-6-20-18(22)14-21-8-10-25-11-9-21/h2-3,6-7,12H,4-5,8-11,13-14H2,1H3,(H,23,24). The quantitative estimate of drug-likeness (QED) is 0.834. The average molecular weight is 343 g/mol. The van der Waals surface area contributed by atoms with Crippen LogP contribution in [0.25, 0.3) is 0 Å². The maximum Gasteiger partial charge on any atom is 0.303 e. The van der Waals surface area contributed by atoms with Crippen LogP contribution in [0.4, 0.5) is 0 Å². The molecule has 1 saturated heterocycles. The highest BCUT2D eigenvalue weighted by Gasteiger charge is 2.14. The Morgan fingerprint density at radius 1 is 1.28 bits per heavy atom. The van der Waals surface area contributed by atoms with Gasteiger partial charge in [-0.2, -0.15) is 0 Å². The van der Waals surface area contributed by atoms with Crippen molar-refractivity contribution >= 4 is 5.97 Å². The van der Waals surface area contributed by atoms with Gasteiger partial charge < -0.3 is 14.4 Å². The van der Waals surface area contributed by atoms with E-state index in [1.54, 1.807) is 0 Å². The van der Waals surface area contributed by atoms with Gasteiger partial charge >= 0.3 is 5.97 Å². The summed E-state index contributed by atoms with van der Waals surface area (Å²) in [5.41, 5.74) is 3.49. The van der Waals surface area contributed by atoms with Crippen LogP contribution in [0.5, 0.6) is 0 Å². The predicted molar refractivity (Wildman–Crippen MR) is 94.6 cm³/mol. The molecule has 3 rings (SSSR count). The number of nitrogens with zero attached hydrogens (tertiary/aromatic N) is 3. The third-order valence-electron chi connectivity index (χ3n) is 4.65. The van der Waals surface area contributed by atoms with Crippen LogP contribution in [0.3, 0.4) is 0 Å². The van der Waals surface area contributed by atoms with E-state index in [4.69, 9.17) is 9.84 Å². The lowest BCUT2D eigenvalue weighted by Crippen LogP contribution is -2.36. The SMILES string of the molecule is Cc1ccc(CCC(=O)O)cc1Cn1ccnc1CN1CCOCC1. The molecule has 6 nitrogen and oxygen atoms in total. The van der Waals surface area contributed by atoms with Crippen molar-refractivity contribution in [1.29, 1.82) is 0 Å². The lowest BCUT2D eigenvalue weighted by atomic mass is 10.0. The largest absolute Gasteiger partial charge is 0.481 e. The number of ether oxygens (including phenoxy) is 1. The van der Waals surface area contributed by atoms with Crippen LogP contribution in [0, 0.1) is 6.92 Å². The number of aromatic nitrogens is 2. The molecule has 0 radical (unpaired) electrons. The third-order valence-corrected chi connectivity index (χ3v) is 4.65. The van der Waals surface area contributed by atoms with Crippen LogP contribution in [-0.4, -0.2) is 51.8 Å². The van der Waals surface area contributed by atoms with Crippen LogP contribution in [0.2, 0.25) is 0 Å². The monoisotopic (exact) mass is 343 g/mol. The molecular formula is C19H25N3O3. The number of carbonyl (C=O) groups is 1. The zero-order valence-electron chi connectivity index (χ0n) is 14.6. The number of carboxylic acids is 1. The maximum absolute atomic E-state index is 10.8. The molecule has 2 aromatic rings. The van der Waals surface area contributed by atoms with Gasteiger partial charge in [0.2, 0.25) is 0 Å². The highest BCUT2D eigenvalue weighted by atomic mass is 16.5. The number of hydrogen-bond acceptors (Lipinski definition) is 4. The normalized spacial score (nSPS) is 15.4. The van der Waals surface area contributed by atoms with Crippen LogP contribution in [0.15, 0.2) is 30.6 Å². The number of aryl methyl sites for hydroxylation is 2. The lowest BCUT2D eigenvalue weighted by molar-refractivity contribution is -0.136. The molecule has 6 heteroatoms. The van der Waals surface area contributed by atoms with Gasteiger partial charge in [0.25, 0.3) is 0 Å². The summed E-state index contributed by atoms with van der Waals surface area (Å²) in [5.74, 6) is 0.293. The summed E-state index contributed by atoms with van der Waals surface area (Å²) in [6.45, 7) is 7.12.